The third-order valence-electron chi connectivity index (χ3n) is 5.31. The molecule has 0 saturated carbocycles. The first-order valence-corrected chi connectivity index (χ1v) is 10.6. The lowest BCUT2D eigenvalue weighted by Crippen LogP contribution is -2.27. The van der Waals surface area contributed by atoms with E-state index in [1.54, 1.807) is 17.2 Å². The molecule has 0 fully saturated rings. The Labute approximate surface area is 194 Å². The number of carbonyl (C=O) groups excluding carboxylic acids is 2. The molecule has 0 radical (unpaired) electrons. The lowest BCUT2D eigenvalue weighted by atomic mass is 10.0. The quantitative estimate of drug-likeness (QED) is 0.533. The first-order chi connectivity index (χ1) is 15.3. The minimum atomic E-state index is -0.485. The van der Waals surface area contributed by atoms with E-state index >= 15 is 0 Å². The molecule has 0 saturated heterocycles. The van der Waals surface area contributed by atoms with Gasteiger partial charge in [0, 0.05) is 31.9 Å². The smallest absolute Gasteiger partial charge is 0.319 e. The van der Waals surface area contributed by atoms with Crippen molar-refractivity contribution < 1.29 is 9.59 Å². The summed E-state index contributed by atoms with van der Waals surface area (Å²) >= 11 is 12.2. The number of H-pyrrole nitrogens is 1. The molecule has 164 valence electrons. The molecule has 3 aromatic rings. The molecule has 2 heterocycles. The summed E-state index contributed by atoms with van der Waals surface area (Å²) < 4.78 is 0. The second-order valence-electron chi connectivity index (χ2n) is 7.50. The Morgan fingerprint density at radius 1 is 1.03 bits per heavy atom. The van der Waals surface area contributed by atoms with Gasteiger partial charge in [0.25, 0.3) is 5.56 Å². The van der Waals surface area contributed by atoms with Gasteiger partial charge >= 0.3 is 6.03 Å². The summed E-state index contributed by atoms with van der Waals surface area (Å²) in [6.45, 7) is 0.998. The van der Waals surface area contributed by atoms with Gasteiger partial charge in [-0.05, 0) is 40.5 Å². The van der Waals surface area contributed by atoms with Gasteiger partial charge in [0.1, 0.15) is 5.69 Å². The third kappa shape index (κ3) is 4.64. The van der Waals surface area contributed by atoms with Gasteiger partial charge in [0.15, 0.2) is 0 Å². The molecule has 7 nitrogen and oxygen atoms in total. The zero-order valence-corrected chi connectivity index (χ0v) is 18.7. The number of hydrogen-bond donors (Lipinski definition) is 3. The van der Waals surface area contributed by atoms with Crippen LogP contribution in [0.3, 0.4) is 0 Å². The van der Waals surface area contributed by atoms with Crippen LogP contribution >= 0.6 is 23.2 Å². The number of halogens is 2. The number of nitrogens with zero attached hydrogens (tertiary/aromatic N) is 1. The summed E-state index contributed by atoms with van der Waals surface area (Å²) in [6, 6.07) is 12.2. The third-order valence-corrected chi connectivity index (χ3v) is 6.03. The number of carbonyl (C=O) groups is 2. The summed E-state index contributed by atoms with van der Waals surface area (Å²) in [4.78, 5) is 40.9. The van der Waals surface area contributed by atoms with Crippen molar-refractivity contribution in [3.8, 4) is 11.1 Å². The number of aromatic nitrogens is 1. The van der Waals surface area contributed by atoms with E-state index in [0.29, 0.717) is 28.7 Å². The van der Waals surface area contributed by atoms with Crippen LogP contribution in [0.25, 0.3) is 11.1 Å². The van der Waals surface area contributed by atoms with E-state index in [-0.39, 0.29) is 18.0 Å². The molecule has 2 aromatic carbocycles. The number of benzene rings is 2. The number of anilines is 1. The number of hydrogen-bond acceptors (Lipinski definition) is 3. The fraction of sp³-hybridized carbons (Fsp3) is 0.174. The van der Waals surface area contributed by atoms with Crippen molar-refractivity contribution in [2.24, 2.45) is 0 Å². The van der Waals surface area contributed by atoms with Crippen molar-refractivity contribution in [3.63, 3.8) is 0 Å². The maximum atomic E-state index is 12.9. The Kier molecular flexibility index (Phi) is 6.21. The highest BCUT2D eigenvalue weighted by molar-refractivity contribution is 6.42. The van der Waals surface area contributed by atoms with Gasteiger partial charge in [-0.3, -0.25) is 9.59 Å². The van der Waals surface area contributed by atoms with E-state index < -0.39 is 11.6 Å². The van der Waals surface area contributed by atoms with E-state index in [9.17, 15) is 14.4 Å². The van der Waals surface area contributed by atoms with E-state index in [0.717, 1.165) is 22.3 Å². The molecule has 0 aliphatic carbocycles. The van der Waals surface area contributed by atoms with Crippen molar-refractivity contribution in [2.75, 3.05) is 12.4 Å². The Bertz CT molecular complexity index is 1240. The number of nitrogens with one attached hydrogen (secondary N) is 3. The molecule has 4 rings (SSSR count). The standard InChI is InChI=1S/C23H20Cl2N4O3/c1-26-23(32)28-20-9-15(10-27-22(20)31)14-4-2-3-13(5-14)6-21(30)29-11-16-7-18(24)19(25)8-17(16)12-29/h2-5,7-10H,6,11-12H2,1H3,(H,27,31)(H2,26,28,32). The van der Waals surface area contributed by atoms with Crippen LogP contribution in [0.15, 0.2) is 53.5 Å². The zero-order chi connectivity index (χ0) is 22.8. The molecule has 1 aromatic heterocycles. The molecule has 0 unspecified atom stereocenters. The number of aromatic amines is 1. The van der Waals surface area contributed by atoms with Crippen LogP contribution in [0, 0.1) is 0 Å². The van der Waals surface area contributed by atoms with Crippen LogP contribution in [0.4, 0.5) is 10.5 Å². The van der Waals surface area contributed by atoms with Crippen LogP contribution in [0.1, 0.15) is 16.7 Å². The number of urea groups is 1. The summed E-state index contributed by atoms with van der Waals surface area (Å²) in [7, 11) is 1.47. The second kappa shape index (κ2) is 9.06. The molecule has 0 atom stereocenters. The van der Waals surface area contributed by atoms with Crippen molar-refractivity contribution in [1.29, 1.82) is 0 Å². The van der Waals surface area contributed by atoms with Gasteiger partial charge in [-0.25, -0.2) is 4.79 Å². The van der Waals surface area contributed by atoms with Gasteiger partial charge in [-0.1, -0.05) is 47.5 Å². The summed E-state index contributed by atoms with van der Waals surface area (Å²) in [5.74, 6) is -0.00552. The van der Waals surface area contributed by atoms with Gasteiger partial charge in [-0.15, -0.1) is 0 Å². The SMILES string of the molecule is CNC(=O)Nc1cc(-c2cccc(CC(=O)N3Cc4cc(Cl)c(Cl)cc4C3)c2)c[nH]c1=O. The van der Waals surface area contributed by atoms with Crippen molar-refractivity contribution in [1.82, 2.24) is 15.2 Å². The highest BCUT2D eigenvalue weighted by atomic mass is 35.5. The normalized spacial score (nSPS) is 12.4. The fourth-order valence-electron chi connectivity index (χ4n) is 3.64. The predicted octanol–water partition coefficient (Wildman–Crippen LogP) is 4.18. The highest BCUT2D eigenvalue weighted by Gasteiger charge is 2.24. The van der Waals surface area contributed by atoms with E-state index in [1.807, 2.05) is 36.4 Å². The van der Waals surface area contributed by atoms with Crippen LogP contribution < -0.4 is 16.2 Å². The van der Waals surface area contributed by atoms with Crippen LogP contribution in [-0.2, 0) is 24.3 Å². The average Bonchev–Trinajstić information content (AvgIpc) is 3.18. The van der Waals surface area contributed by atoms with E-state index in [1.165, 1.54) is 7.05 Å². The van der Waals surface area contributed by atoms with Gasteiger partial charge in [0.05, 0.1) is 16.5 Å². The molecule has 3 amide bonds. The van der Waals surface area contributed by atoms with Crippen LogP contribution in [-0.4, -0.2) is 28.9 Å². The van der Waals surface area contributed by atoms with Crippen LogP contribution in [0.5, 0.6) is 0 Å². The van der Waals surface area contributed by atoms with Gasteiger partial charge in [-0.2, -0.15) is 0 Å². The molecule has 3 N–H and O–H groups in total. The number of rotatable bonds is 4. The summed E-state index contributed by atoms with van der Waals surface area (Å²) in [5.41, 5.74) is 4.11. The maximum Gasteiger partial charge on any atom is 0.319 e. The Hall–Kier alpha value is -3.29. The first-order valence-electron chi connectivity index (χ1n) is 9.89. The number of fused-ring (bicyclic) bond motifs is 1. The Morgan fingerprint density at radius 3 is 2.38 bits per heavy atom. The fourth-order valence-corrected chi connectivity index (χ4v) is 4.01. The summed E-state index contributed by atoms with van der Waals surface area (Å²) in [5, 5.41) is 5.88. The predicted molar refractivity (Wildman–Crippen MR) is 125 cm³/mol. The number of pyridine rings is 1. The van der Waals surface area contributed by atoms with E-state index in [4.69, 9.17) is 23.2 Å². The second-order valence-corrected chi connectivity index (χ2v) is 8.31. The lowest BCUT2D eigenvalue weighted by Gasteiger charge is -2.16. The molecule has 0 bridgehead atoms. The minimum absolute atomic E-state index is 0.00552. The molecule has 0 spiro atoms. The first kappa shape index (κ1) is 21.9. The van der Waals surface area contributed by atoms with E-state index in [2.05, 4.69) is 15.6 Å². The molecule has 1 aliphatic heterocycles. The van der Waals surface area contributed by atoms with Crippen LogP contribution in [0.2, 0.25) is 10.0 Å². The van der Waals surface area contributed by atoms with Crippen molar-refractivity contribution in [3.05, 3.63) is 85.8 Å². The lowest BCUT2D eigenvalue weighted by molar-refractivity contribution is -0.131. The van der Waals surface area contributed by atoms with Gasteiger partial charge in [0.2, 0.25) is 5.91 Å². The largest absolute Gasteiger partial charge is 0.341 e. The molecule has 9 heteroatoms. The van der Waals surface area contributed by atoms with Crippen molar-refractivity contribution in [2.45, 2.75) is 19.5 Å². The molecule has 32 heavy (non-hydrogen) atoms. The number of amides is 3. The minimum Gasteiger partial charge on any atom is -0.341 e. The van der Waals surface area contributed by atoms with Gasteiger partial charge < -0.3 is 20.5 Å². The Morgan fingerprint density at radius 2 is 1.72 bits per heavy atom. The highest BCUT2D eigenvalue weighted by Crippen LogP contribution is 2.32. The molecular formula is C23H20Cl2N4O3. The molecular weight excluding hydrogens is 451 g/mol. The topological polar surface area (TPSA) is 94.3 Å². The Balaban J connectivity index is 1.50. The average molecular weight is 471 g/mol. The van der Waals surface area contributed by atoms with Crippen molar-refractivity contribution >= 4 is 40.8 Å². The molecule has 1 aliphatic rings. The zero-order valence-electron chi connectivity index (χ0n) is 17.2. The summed E-state index contributed by atoms with van der Waals surface area (Å²) in [6.07, 6.45) is 1.80. The maximum absolute atomic E-state index is 12.9. The monoisotopic (exact) mass is 470 g/mol.